The first-order valence-corrected chi connectivity index (χ1v) is 5.37. The van der Waals surface area contributed by atoms with Crippen LogP contribution in [0.1, 0.15) is 18.5 Å². The minimum absolute atomic E-state index is 0.532. The fourth-order valence-corrected chi connectivity index (χ4v) is 2.10. The number of aromatic nitrogens is 2. The highest BCUT2D eigenvalue weighted by atomic mass is 16.4. The number of nitrogens with zero attached hydrogens (tertiary/aromatic N) is 1. The number of aliphatic carboxylic acids is 1. The molecule has 1 aliphatic rings. The predicted molar refractivity (Wildman–Crippen MR) is 59.1 cm³/mol. The van der Waals surface area contributed by atoms with E-state index in [1.54, 1.807) is 0 Å². The van der Waals surface area contributed by atoms with Crippen LogP contribution in [0.15, 0.2) is 24.3 Å². The molecule has 1 heterocycles. The normalized spacial score (nSPS) is 17.5. The Balaban J connectivity index is 1.98. The van der Waals surface area contributed by atoms with Crippen molar-refractivity contribution in [3.8, 4) is 0 Å². The lowest BCUT2D eigenvalue weighted by Crippen LogP contribution is -2.17. The van der Waals surface area contributed by atoms with E-state index in [1.807, 2.05) is 24.3 Å². The van der Waals surface area contributed by atoms with Crippen LogP contribution in [0.2, 0.25) is 0 Å². The molecule has 0 atom stereocenters. The van der Waals surface area contributed by atoms with E-state index in [-0.39, 0.29) is 0 Å². The van der Waals surface area contributed by atoms with Crippen molar-refractivity contribution in [2.45, 2.75) is 19.3 Å². The molecule has 0 amide bonds. The standard InChI is InChI=1S/C12H12N2O2/c15-11(16)12(5-6-12)7-10-8-3-1-2-4-9(8)13-14-10/h1-4H,5-7H2,(H,13,14)(H,15,16). The van der Waals surface area contributed by atoms with Gasteiger partial charge < -0.3 is 5.11 Å². The fourth-order valence-electron chi connectivity index (χ4n) is 2.10. The molecule has 0 bridgehead atoms. The number of carboxylic acids is 1. The van der Waals surface area contributed by atoms with E-state index in [2.05, 4.69) is 10.2 Å². The third-order valence-electron chi connectivity index (χ3n) is 3.36. The first kappa shape index (κ1) is 9.39. The van der Waals surface area contributed by atoms with Gasteiger partial charge in [-0.2, -0.15) is 5.10 Å². The molecule has 2 N–H and O–H groups in total. The second-order valence-electron chi connectivity index (χ2n) is 4.48. The maximum absolute atomic E-state index is 11.1. The van der Waals surface area contributed by atoms with E-state index in [4.69, 9.17) is 5.11 Å². The third-order valence-corrected chi connectivity index (χ3v) is 3.36. The molecule has 1 aliphatic carbocycles. The Hall–Kier alpha value is -1.84. The van der Waals surface area contributed by atoms with Gasteiger partial charge in [0, 0.05) is 17.5 Å². The first-order chi connectivity index (χ1) is 7.71. The van der Waals surface area contributed by atoms with Gasteiger partial charge in [-0.15, -0.1) is 0 Å². The zero-order valence-corrected chi connectivity index (χ0v) is 8.73. The summed E-state index contributed by atoms with van der Waals surface area (Å²) in [7, 11) is 0. The molecule has 0 unspecified atom stereocenters. The minimum Gasteiger partial charge on any atom is -0.481 e. The van der Waals surface area contributed by atoms with Crippen molar-refractivity contribution >= 4 is 16.9 Å². The van der Waals surface area contributed by atoms with Crippen LogP contribution in [0.3, 0.4) is 0 Å². The van der Waals surface area contributed by atoms with Crippen LogP contribution in [-0.4, -0.2) is 21.3 Å². The average molecular weight is 216 g/mol. The molecule has 16 heavy (non-hydrogen) atoms. The second-order valence-corrected chi connectivity index (χ2v) is 4.48. The van der Waals surface area contributed by atoms with Gasteiger partial charge >= 0.3 is 5.97 Å². The third kappa shape index (κ3) is 1.30. The Morgan fingerprint density at radius 2 is 2.19 bits per heavy atom. The number of fused-ring (bicyclic) bond motifs is 1. The van der Waals surface area contributed by atoms with Gasteiger partial charge in [0.05, 0.1) is 10.9 Å². The number of rotatable bonds is 3. The quantitative estimate of drug-likeness (QED) is 0.824. The Morgan fingerprint density at radius 3 is 2.88 bits per heavy atom. The Morgan fingerprint density at radius 1 is 1.44 bits per heavy atom. The number of para-hydroxylation sites is 1. The summed E-state index contributed by atoms with van der Waals surface area (Å²) in [5.41, 5.74) is 1.31. The summed E-state index contributed by atoms with van der Waals surface area (Å²) in [5, 5.41) is 17.3. The Bertz CT molecular complexity index is 555. The molecule has 0 spiro atoms. The smallest absolute Gasteiger partial charge is 0.310 e. The van der Waals surface area contributed by atoms with E-state index >= 15 is 0 Å². The number of H-pyrrole nitrogens is 1. The van der Waals surface area contributed by atoms with E-state index in [0.29, 0.717) is 6.42 Å². The molecule has 1 aromatic carbocycles. The molecular formula is C12H12N2O2. The van der Waals surface area contributed by atoms with Gasteiger partial charge in [-0.1, -0.05) is 18.2 Å². The zero-order chi connectivity index (χ0) is 11.2. The van der Waals surface area contributed by atoms with Crippen LogP contribution < -0.4 is 0 Å². The van der Waals surface area contributed by atoms with Gasteiger partial charge in [-0.3, -0.25) is 9.89 Å². The average Bonchev–Trinajstić information content (AvgIpc) is 2.96. The summed E-state index contributed by atoms with van der Waals surface area (Å²) in [6, 6.07) is 7.78. The van der Waals surface area contributed by atoms with Crippen LogP contribution in [0.4, 0.5) is 0 Å². The lowest BCUT2D eigenvalue weighted by Gasteiger charge is -2.07. The van der Waals surface area contributed by atoms with Crippen molar-refractivity contribution in [3.63, 3.8) is 0 Å². The molecule has 1 saturated carbocycles. The van der Waals surface area contributed by atoms with Gasteiger partial charge in [0.2, 0.25) is 0 Å². The predicted octanol–water partition coefficient (Wildman–Crippen LogP) is 1.97. The number of carbonyl (C=O) groups is 1. The zero-order valence-electron chi connectivity index (χ0n) is 8.73. The van der Waals surface area contributed by atoms with E-state index in [1.165, 1.54) is 0 Å². The van der Waals surface area contributed by atoms with Gasteiger partial charge in [-0.25, -0.2) is 0 Å². The molecule has 0 aliphatic heterocycles. The number of hydrogen-bond donors (Lipinski definition) is 2. The number of benzene rings is 1. The maximum Gasteiger partial charge on any atom is 0.310 e. The lowest BCUT2D eigenvalue weighted by molar-refractivity contribution is -0.143. The van der Waals surface area contributed by atoms with E-state index in [9.17, 15) is 4.79 Å². The van der Waals surface area contributed by atoms with Crippen molar-refractivity contribution in [2.24, 2.45) is 5.41 Å². The second kappa shape index (κ2) is 3.07. The highest BCUT2D eigenvalue weighted by Gasteiger charge is 2.50. The van der Waals surface area contributed by atoms with E-state index in [0.717, 1.165) is 29.4 Å². The fraction of sp³-hybridized carbons (Fsp3) is 0.333. The van der Waals surface area contributed by atoms with Crippen LogP contribution in [-0.2, 0) is 11.2 Å². The Kier molecular flexibility index (Phi) is 1.80. The number of nitrogens with one attached hydrogen (secondary N) is 1. The molecule has 82 valence electrons. The minimum atomic E-state index is -0.689. The SMILES string of the molecule is O=C(O)C1(Cc2[nH]nc3ccccc23)CC1. The summed E-state index contributed by atoms with van der Waals surface area (Å²) in [6.07, 6.45) is 2.11. The first-order valence-electron chi connectivity index (χ1n) is 5.37. The van der Waals surface area contributed by atoms with Crippen molar-refractivity contribution in [1.82, 2.24) is 10.2 Å². The van der Waals surface area contributed by atoms with Crippen molar-refractivity contribution in [2.75, 3.05) is 0 Å². The monoisotopic (exact) mass is 216 g/mol. The molecule has 3 rings (SSSR count). The van der Waals surface area contributed by atoms with Crippen molar-refractivity contribution in [1.29, 1.82) is 0 Å². The molecule has 0 saturated heterocycles. The molecule has 4 heteroatoms. The summed E-state index contributed by atoms with van der Waals surface area (Å²) >= 11 is 0. The summed E-state index contributed by atoms with van der Waals surface area (Å²) < 4.78 is 0. The molecule has 1 aromatic heterocycles. The number of hydrogen-bond acceptors (Lipinski definition) is 2. The largest absolute Gasteiger partial charge is 0.481 e. The van der Waals surface area contributed by atoms with Crippen LogP contribution in [0, 0.1) is 5.41 Å². The highest BCUT2D eigenvalue weighted by Crippen LogP contribution is 2.48. The van der Waals surface area contributed by atoms with Gasteiger partial charge in [-0.05, 0) is 18.9 Å². The van der Waals surface area contributed by atoms with Gasteiger partial charge in [0.1, 0.15) is 0 Å². The lowest BCUT2D eigenvalue weighted by atomic mass is 9.99. The summed E-state index contributed by atoms with van der Waals surface area (Å²) in [4.78, 5) is 11.1. The van der Waals surface area contributed by atoms with Crippen LogP contribution >= 0.6 is 0 Å². The highest BCUT2D eigenvalue weighted by molar-refractivity contribution is 5.83. The van der Waals surface area contributed by atoms with E-state index < -0.39 is 11.4 Å². The van der Waals surface area contributed by atoms with Crippen molar-refractivity contribution in [3.05, 3.63) is 30.0 Å². The topological polar surface area (TPSA) is 66.0 Å². The summed E-state index contributed by atoms with van der Waals surface area (Å²) in [5.74, 6) is -0.689. The number of carboxylic acid groups (broad SMARTS) is 1. The maximum atomic E-state index is 11.1. The van der Waals surface area contributed by atoms with Crippen LogP contribution in [0.5, 0.6) is 0 Å². The molecule has 0 radical (unpaired) electrons. The molecular weight excluding hydrogens is 204 g/mol. The molecule has 1 fully saturated rings. The van der Waals surface area contributed by atoms with Gasteiger partial charge in [0.25, 0.3) is 0 Å². The van der Waals surface area contributed by atoms with Crippen LogP contribution in [0.25, 0.3) is 10.9 Å². The van der Waals surface area contributed by atoms with Crippen molar-refractivity contribution < 1.29 is 9.90 Å². The summed E-state index contributed by atoms with van der Waals surface area (Å²) in [6.45, 7) is 0. The Labute approximate surface area is 92.3 Å². The molecule has 4 nitrogen and oxygen atoms in total. The number of aromatic amines is 1. The molecule has 2 aromatic rings. The van der Waals surface area contributed by atoms with Gasteiger partial charge in [0.15, 0.2) is 0 Å².